The average molecular weight is 719 g/mol. The van der Waals surface area contributed by atoms with Crippen LogP contribution in [0, 0.1) is 17.8 Å². The number of benzene rings is 1. The molecule has 0 aliphatic carbocycles. The maximum absolute atomic E-state index is 13.9. The Kier molecular flexibility index (Phi) is 14.3. The molecule has 4 aliphatic rings. The zero-order valence-electron chi connectivity index (χ0n) is 32.7. The van der Waals surface area contributed by atoms with E-state index in [1.807, 2.05) is 64.9 Å². The van der Waals surface area contributed by atoms with Crippen molar-refractivity contribution in [2.24, 2.45) is 17.8 Å². The number of aliphatic hydroxyl groups is 3. The van der Waals surface area contributed by atoms with E-state index in [1.54, 1.807) is 13.8 Å². The molecule has 11 heteroatoms. The van der Waals surface area contributed by atoms with Gasteiger partial charge in [0.1, 0.15) is 23.9 Å². The SMILES string of the molecule is C=C1CO[C@H]2[C@@H](C)N(Cc3ccccc3)C[C@H](C)C[C@@](C)(OC1)[C@H](O[C@@H]1O[C@H](C)C[C@H](N(C)C)[C@H]1O)[C@@H](C)C(O)C(C)C(=O)O[C@H](CC)[C@@]2(C)O. The number of esters is 1. The van der Waals surface area contributed by atoms with Crippen LogP contribution in [-0.2, 0) is 35.0 Å². The molecule has 0 radical (unpaired) electrons. The number of carbonyl (C=O) groups is 1. The summed E-state index contributed by atoms with van der Waals surface area (Å²) in [4.78, 5) is 18.2. The van der Waals surface area contributed by atoms with E-state index in [0.29, 0.717) is 37.9 Å². The van der Waals surface area contributed by atoms with Gasteiger partial charge in [-0.2, -0.15) is 0 Å². The summed E-state index contributed by atoms with van der Waals surface area (Å²) in [6.45, 7) is 20.9. The number of hydrogen-bond acceptors (Lipinski definition) is 11. The first-order chi connectivity index (χ1) is 23.9. The largest absolute Gasteiger partial charge is 0.459 e. The third-order valence-electron chi connectivity index (χ3n) is 11.5. The smallest absolute Gasteiger partial charge is 0.311 e. The van der Waals surface area contributed by atoms with E-state index >= 15 is 0 Å². The Balaban J connectivity index is 1.88. The third kappa shape index (κ3) is 9.79. The minimum absolute atomic E-state index is 0.0166. The van der Waals surface area contributed by atoms with Crippen LogP contribution < -0.4 is 0 Å². The molecule has 4 aliphatic heterocycles. The molecule has 51 heavy (non-hydrogen) atoms. The van der Waals surface area contributed by atoms with Crippen LogP contribution >= 0.6 is 0 Å². The van der Waals surface area contributed by atoms with Crippen molar-refractivity contribution in [3.8, 4) is 0 Å². The molecule has 14 atom stereocenters. The normalized spacial score (nSPS) is 42.7. The molecule has 5 rings (SSSR count). The molecule has 0 spiro atoms. The van der Waals surface area contributed by atoms with Gasteiger partial charge in [0, 0.05) is 31.1 Å². The van der Waals surface area contributed by atoms with E-state index in [1.165, 1.54) is 0 Å². The second-order valence-electron chi connectivity index (χ2n) is 16.4. The first-order valence-corrected chi connectivity index (χ1v) is 18.9. The Morgan fingerprint density at radius 2 is 1.71 bits per heavy atom. The van der Waals surface area contributed by atoms with E-state index in [0.717, 1.165) is 5.56 Å². The van der Waals surface area contributed by atoms with Crippen molar-refractivity contribution in [3.63, 3.8) is 0 Å². The summed E-state index contributed by atoms with van der Waals surface area (Å²) in [5.41, 5.74) is -0.867. The molecule has 1 aromatic rings. The summed E-state index contributed by atoms with van der Waals surface area (Å²) >= 11 is 0. The lowest BCUT2D eigenvalue weighted by Crippen LogP contribution is -2.61. The van der Waals surface area contributed by atoms with Gasteiger partial charge >= 0.3 is 5.97 Å². The summed E-state index contributed by atoms with van der Waals surface area (Å²) < 4.78 is 32.6. The lowest BCUT2D eigenvalue weighted by molar-refractivity contribution is -0.303. The van der Waals surface area contributed by atoms with Gasteiger partial charge in [-0.25, -0.2) is 0 Å². The second kappa shape index (κ2) is 17.5. The van der Waals surface area contributed by atoms with Gasteiger partial charge in [0.05, 0.1) is 43.0 Å². The zero-order valence-corrected chi connectivity index (χ0v) is 32.7. The monoisotopic (exact) mass is 718 g/mol. The standard InChI is InChI=1S/C40H66N2O9/c1-12-32-40(9,46)36-29(7)42(21-30-16-14-13-15-17-30)20-24(2)19-39(8,48-23-25(3)22-47-36)35(27(5)33(43)28(6)37(45)50-32)51-38-34(44)31(41(10)11)18-26(4)49-38/h13-17,24,26-29,31-36,38,43-44,46H,3,12,18-23H2,1-2,4-11H3/t24-,26-,27+,28?,29-,31+,32-,33?,34-,35-,36+,38+,39-,40-/m1/s1. The fourth-order valence-corrected chi connectivity index (χ4v) is 8.55. The highest BCUT2D eigenvalue weighted by Crippen LogP contribution is 2.40. The minimum atomic E-state index is -1.60. The number of carbonyl (C=O) groups excluding carboxylic acids is 1. The number of likely N-dealkylation sites (N-methyl/N-ethyl adjacent to an activating group) is 1. The lowest BCUT2D eigenvalue weighted by atomic mass is 9.77. The van der Waals surface area contributed by atoms with Crippen LogP contribution in [0.15, 0.2) is 42.5 Å². The maximum Gasteiger partial charge on any atom is 0.311 e. The molecule has 2 unspecified atom stereocenters. The molecule has 4 saturated heterocycles. The predicted octanol–water partition coefficient (Wildman–Crippen LogP) is 4.16. The number of hydrogen-bond donors (Lipinski definition) is 3. The van der Waals surface area contributed by atoms with Gasteiger partial charge in [-0.3, -0.25) is 9.69 Å². The molecule has 0 saturated carbocycles. The third-order valence-corrected chi connectivity index (χ3v) is 11.5. The summed E-state index contributed by atoms with van der Waals surface area (Å²) in [5.74, 6) is -2.26. The molecule has 3 N–H and O–H groups in total. The number of aliphatic hydroxyl groups excluding tert-OH is 2. The van der Waals surface area contributed by atoms with E-state index < -0.39 is 65.8 Å². The Labute approximate surface area is 306 Å². The Morgan fingerprint density at radius 3 is 2.33 bits per heavy atom. The summed E-state index contributed by atoms with van der Waals surface area (Å²) in [6, 6.07) is 9.66. The van der Waals surface area contributed by atoms with Crippen molar-refractivity contribution in [3.05, 3.63) is 48.0 Å². The fourth-order valence-electron chi connectivity index (χ4n) is 8.55. The topological polar surface area (TPSA) is 130 Å². The molecular formula is C40H66N2O9. The summed E-state index contributed by atoms with van der Waals surface area (Å²) in [5, 5.41) is 35.9. The molecule has 4 heterocycles. The quantitative estimate of drug-likeness (QED) is 0.290. The average Bonchev–Trinajstić information content (AvgIpc) is 3.07. The Morgan fingerprint density at radius 1 is 1.04 bits per heavy atom. The first kappa shape index (κ1) is 41.8. The second-order valence-corrected chi connectivity index (χ2v) is 16.4. The van der Waals surface area contributed by atoms with Gasteiger partial charge in [-0.15, -0.1) is 0 Å². The van der Waals surface area contributed by atoms with Gasteiger partial charge in [-0.05, 0) is 85.0 Å². The van der Waals surface area contributed by atoms with Crippen LogP contribution in [0.2, 0.25) is 0 Å². The molecule has 0 aromatic heterocycles. The number of ether oxygens (including phenoxy) is 5. The van der Waals surface area contributed by atoms with Crippen molar-refractivity contribution in [1.82, 2.24) is 9.80 Å². The predicted molar refractivity (Wildman–Crippen MR) is 196 cm³/mol. The van der Waals surface area contributed by atoms with Crippen LogP contribution in [0.4, 0.5) is 0 Å². The van der Waals surface area contributed by atoms with Gasteiger partial charge in [-0.1, -0.05) is 57.7 Å². The van der Waals surface area contributed by atoms with Gasteiger partial charge in [0.25, 0.3) is 0 Å². The molecule has 1 aromatic carbocycles. The number of nitrogens with zero attached hydrogens (tertiary/aromatic N) is 2. The summed E-state index contributed by atoms with van der Waals surface area (Å²) in [7, 11) is 3.85. The molecule has 0 amide bonds. The number of rotatable bonds is 6. The summed E-state index contributed by atoms with van der Waals surface area (Å²) in [6.07, 6.45) is -4.46. The molecular weight excluding hydrogens is 652 g/mol. The van der Waals surface area contributed by atoms with Gasteiger partial charge < -0.3 is 43.9 Å². The Hall–Kier alpha value is -1.93. The van der Waals surface area contributed by atoms with Crippen LogP contribution in [-0.4, -0.2) is 131 Å². The highest BCUT2D eigenvalue weighted by molar-refractivity contribution is 5.73. The van der Waals surface area contributed by atoms with E-state index in [4.69, 9.17) is 23.7 Å². The van der Waals surface area contributed by atoms with Crippen LogP contribution in [0.5, 0.6) is 0 Å². The first-order valence-electron chi connectivity index (χ1n) is 18.9. The maximum atomic E-state index is 13.9. The van der Waals surface area contributed by atoms with Crippen LogP contribution in [0.3, 0.4) is 0 Å². The minimum Gasteiger partial charge on any atom is -0.459 e. The Bertz CT molecular complexity index is 1280. The van der Waals surface area contributed by atoms with E-state index in [9.17, 15) is 20.1 Å². The molecule has 11 nitrogen and oxygen atoms in total. The van der Waals surface area contributed by atoms with E-state index in [-0.39, 0.29) is 37.3 Å². The lowest BCUT2D eigenvalue weighted by Gasteiger charge is -2.49. The van der Waals surface area contributed by atoms with Crippen molar-refractivity contribution >= 4 is 5.97 Å². The zero-order chi connectivity index (χ0) is 37.8. The molecule has 2 bridgehead atoms. The van der Waals surface area contributed by atoms with Crippen molar-refractivity contribution in [1.29, 1.82) is 0 Å². The van der Waals surface area contributed by atoms with Crippen LogP contribution in [0.1, 0.15) is 80.2 Å². The van der Waals surface area contributed by atoms with Crippen molar-refractivity contribution in [2.75, 3.05) is 33.9 Å². The van der Waals surface area contributed by atoms with E-state index in [2.05, 4.69) is 37.5 Å². The molecule has 4 fully saturated rings. The highest BCUT2D eigenvalue weighted by atomic mass is 16.7. The fraction of sp³-hybridized carbons (Fsp3) is 0.775. The van der Waals surface area contributed by atoms with Gasteiger partial charge in [0.2, 0.25) is 0 Å². The van der Waals surface area contributed by atoms with Gasteiger partial charge in [0.15, 0.2) is 6.29 Å². The van der Waals surface area contributed by atoms with Crippen LogP contribution in [0.25, 0.3) is 0 Å². The van der Waals surface area contributed by atoms with Crippen molar-refractivity contribution in [2.45, 2.75) is 147 Å². The molecule has 290 valence electrons. The van der Waals surface area contributed by atoms with Crippen molar-refractivity contribution < 1.29 is 43.8 Å². The highest BCUT2D eigenvalue weighted by Gasteiger charge is 2.52. The number of fused-ring (bicyclic) bond motifs is 15.